The van der Waals surface area contributed by atoms with E-state index in [1.54, 1.807) is 19.9 Å². The first kappa shape index (κ1) is 22.3. The molecule has 29 heavy (non-hydrogen) atoms. The minimum atomic E-state index is -3.62. The highest BCUT2D eigenvalue weighted by molar-refractivity contribution is 7.89. The second kappa shape index (κ2) is 9.48. The van der Waals surface area contributed by atoms with Crippen LogP contribution < -0.4 is 14.8 Å². The Bertz CT molecular complexity index is 990. The van der Waals surface area contributed by atoms with Crippen molar-refractivity contribution in [2.45, 2.75) is 38.1 Å². The number of amides is 1. The Labute approximate surface area is 169 Å². The maximum atomic E-state index is 12.2. The van der Waals surface area contributed by atoms with Crippen LogP contribution in [0.5, 0.6) is 5.75 Å². The van der Waals surface area contributed by atoms with Crippen molar-refractivity contribution in [1.29, 1.82) is 0 Å². The summed E-state index contributed by atoms with van der Waals surface area (Å²) in [7, 11) is -3.62. The van der Waals surface area contributed by atoms with Crippen LogP contribution in [-0.2, 0) is 14.8 Å². The number of ether oxygens (including phenoxy) is 1. The minimum absolute atomic E-state index is 0.0989. The van der Waals surface area contributed by atoms with Gasteiger partial charge in [-0.15, -0.1) is 0 Å². The van der Waals surface area contributed by atoms with E-state index >= 15 is 0 Å². The Morgan fingerprint density at radius 2 is 1.86 bits per heavy atom. The van der Waals surface area contributed by atoms with Crippen molar-refractivity contribution >= 4 is 27.3 Å². The first-order valence-electron chi connectivity index (χ1n) is 8.92. The van der Waals surface area contributed by atoms with E-state index in [1.807, 2.05) is 6.92 Å². The molecule has 9 nitrogen and oxygen atoms in total. The van der Waals surface area contributed by atoms with Crippen LogP contribution in [0.1, 0.15) is 25.8 Å². The van der Waals surface area contributed by atoms with Gasteiger partial charge >= 0.3 is 0 Å². The van der Waals surface area contributed by atoms with Crippen LogP contribution in [0.15, 0.2) is 47.4 Å². The number of nitro benzene ring substituents is 1. The lowest BCUT2D eigenvalue weighted by molar-refractivity contribution is -0.384. The Balaban J connectivity index is 1.97. The third-order valence-corrected chi connectivity index (χ3v) is 5.78. The van der Waals surface area contributed by atoms with Crippen LogP contribution in [0.2, 0.25) is 0 Å². The number of sulfonamides is 1. The van der Waals surface area contributed by atoms with Gasteiger partial charge in [0.1, 0.15) is 5.75 Å². The maximum Gasteiger partial charge on any atom is 0.271 e. The molecule has 0 fully saturated rings. The van der Waals surface area contributed by atoms with E-state index in [-0.39, 0.29) is 23.2 Å². The Kier molecular flexibility index (Phi) is 7.29. The molecule has 156 valence electrons. The average Bonchev–Trinajstić information content (AvgIpc) is 2.67. The molecular formula is C19H23N3O6S. The van der Waals surface area contributed by atoms with Crippen molar-refractivity contribution in [3.8, 4) is 5.75 Å². The summed E-state index contributed by atoms with van der Waals surface area (Å²) in [5, 5.41) is 13.4. The van der Waals surface area contributed by atoms with Crippen molar-refractivity contribution in [3.05, 3.63) is 58.1 Å². The second-order valence-corrected chi connectivity index (χ2v) is 8.21. The predicted octanol–water partition coefficient (Wildman–Crippen LogP) is 3.00. The number of benzene rings is 2. The monoisotopic (exact) mass is 421 g/mol. The molecule has 10 heteroatoms. The molecule has 0 aliphatic heterocycles. The number of nitrogens with zero attached hydrogens (tertiary/aromatic N) is 1. The van der Waals surface area contributed by atoms with Crippen LogP contribution in [0.25, 0.3) is 0 Å². The van der Waals surface area contributed by atoms with Crippen LogP contribution in [0, 0.1) is 17.0 Å². The lowest BCUT2D eigenvalue weighted by Gasteiger charge is -2.13. The fraction of sp³-hybridized carbons (Fsp3) is 0.316. The molecule has 0 aromatic heterocycles. The largest absolute Gasteiger partial charge is 0.484 e. The summed E-state index contributed by atoms with van der Waals surface area (Å²) in [4.78, 5) is 22.5. The van der Waals surface area contributed by atoms with Crippen LogP contribution in [-0.4, -0.2) is 31.9 Å². The molecule has 2 N–H and O–H groups in total. The number of anilines is 1. The van der Waals surface area contributed by atoms with Crippen molar-refractivity contribution in [3.63, 3.8) is 0 Å². The van der Waals surface area contributed by atoms with Gasteiger partial charge in [0.15, 0.2) is 6.61 Å². The van der Waals surface area contributed by atoms with E-state index in [4.69, 9.17) is 4.74 Å². The minimum Gasteiger partial charge on any atom is -0.484 e. The number of hydrogen-bond acceptors (Lipinski definition) is 6. The number of carbonyl (C=O) groups is 1. The van der Waals surface area contributed by atoms with Gasteiger partial charge < -0.3 is 10.1 Å². The molecule has 0 aliphatic rings. The van der Waals surface area contributed by atoms with Gasteiger partial charge in [-0.25, -0.2) is 13.1 Å². The van der Waals surface area contributed by atoms with Crippen molar-refractivity contribution in [2.24, 2.45) is 0 Å². The van der Waals surface area contributed by atoms with Gasteiger partial charge in [-0.1, -0.05) is 13.0 Å². The molecule has 1 amide bonds. The summed E-state index contributed by atoms with van der Waals surface area (Å²) in [6, 6.07) is 9.68. The SMILES string of the molecule is CC[C@H](C)NS(=O)(=O)c1ccc(OCC(=O)Nc2cc([N+](=O)[O-])ccc2C)cc1. The Hall–Kier alpha value is -2.98. The third kappa shape index (κ3) is 6.26. The summed E-state index contributed by atoms with van der Waals surface area (Å²) >= 11 is 0. The molecule has 0 unspecified atom stereocenters. The molecule has 0 bridgehead atoms. The number of aryl methyl sites for hydroxylation is 1. The molecule has 1 atom stereocenters. The average molecular weight is 421 g/mol. The summed E-state index contributed by atoms with van der Waals surface area (Å²) < 4.78 is 32.4. The van der Waals surface area contributed by atoms with E-state index in [2.05, 4.69) is 10.0 Å². The first-order chi connectivity index (χ1) is 13.6. The lowest BCUT2D eigenvalue weighted by Crippen LogP contribution is -2.31. The van der Waals surface area contributed by atoms with Crippen LogP contribution >= 0.6 is 0 Å². The summed E-state index contributed by atoms with van der Waals surface area (Å²) in [5.41, 5.74) is 0.868. The highest BCUT2D eigenvalue weighted by Crippen LogP contribution is 2.22. The third-order valence-electron chi connectivity index (χ3n) is 4.18. The molecule has 0 heterocycles. The van der Waals surface area contributed by atoms with Crippen molar-refractivity contribution in [2.75, 3.05) is 11.9 Å². The van der Waals surface area contributed by atoms with Gasteiger partial charge in [-0.05, 0) is 50.1 Å². The summed E-state index contributed by atoms with van der Waals surface area (Å²) in [6.07, 6.45) is 0.666. The van der Waals surface area contributed by atoms with Gasteiger partial charge in [-0.3, -0.25) is 14.9 Å². The fourth-order valence-electron chi connectivity index (χ4n) is 2.32. The molecule has 0 radical (unpaired) electrons. The first-order valence-corrected chi connectivity index (χ1v) is 10.4. The fourth-order valence-corrected chi connectivity index (χ4v) is 3.65. The maximum absolute atomic E-state index is 12.2. The quantitative estimate of drug-likeness (QED) is 0.473. The van der Waals surface area contributed by atoms with Gasteiger partial charge in [0.05, 0.1) is 15.5 Å². The standard InChI is InChI=1S/C19H23N3O6S/c1-4-14(3)21-29(26,27)17-9-7-16(8-10-17)28-12-19(23)20-18-11-15(22(24)25)6-5-13(18)2/h5-11,14,21H,4,12H2,1-3H3,(H,20,23)/t14-/m0/s1. The normalized spacial score (nSPS) is 12.2. The molecular weight excluding hydrogens is 398 g/mol. The van der Waals surface area contributed by atoms with Crippen molar-refractivity contribution in [1.82, 2.24) is 4.72 Å². The zero-order chi connectivity index (χ0) is 21.6. The van der Waals surface area contributed by atoms with E-state index in [0.29, 0.717) is 23.4 Å². The highest BCUT2D eigenvalue weighted by Gasteiger charge is 2.16. The number of nitrogens with one attached hydrogen (secondary N) is 2. The number of nitro groups is 1. The van der Waals surface area contributed by atoms with E-state index in [1.165, 1.54) is 36.4 Å². The molecule has 0 aliphatic carbocycles. The molecule has 0 saturated heterocycles. The Morgan fingerprint density at radius 3 is 2.45 bits per heavy atom. The Morgan fingerprint density at radius 1 is 1.21 bits per heavy atom. The highest BCUT2D eigenvalue weighted by atomic mass is 32.2. The predicted molar refractivity (Wildman–Crippen MR) is 108 cm³/mol. The number of carbonyl (C=O) groups excluding carboxylic acids is 1. The number of rotatable bonds is 9. The molecule has 2 rings (SSSR count). The smallest absolute Gasteiger partial charge is 0.271 e. The molecule has 0 spiro atoms. The number of non-ortho nitro benzene ring substituents is 1. The zero-order valence-corrected chi connectivity index (χ0v) is 17.2. The van der Waals surface area contributed by atoms with Gasteiger partial charge in [0.25, 0.3) is 11.6 Å². The van der Waals surface area contributed by atoms with Gasteiger partial charge in [0, 0.05) is 18.2 Å². The topological polar surface area (TPSA) is 128 Å². The van der Waals surface area contributed by atoms with Gasteiger partial charge in [0.2, 0.25) is 10.0 Å². The lowest BCUT2D eigenvalue weighted by atomic mass is 10.2. The summed E-state index contributed by atoms with van der Waals surface area (Å²) in [5.74, 6) is -0.179. The van der Waals surface area contributed by atoms with E-state index in [0.717, 1.165) is 0 Å². The van der Waals surface area contributed by atoms with Crippen LogP contribution in [0.3, 0.4) is 0 Å². The molecule has 2 aromatic rings. The second-order valence-electron chi connectivity index (χ2n) is 6.50. The summed E-state index contributed by atoms with van der Waals surface area (Å²) in [6.45, 7) is 5.03. The van der Waals surface area contributed by atoms with Gasteiger partial charge in [-0.2, -0.15) is 0 Å². The van der Waals surface area contributed by atoms with E-state index < -0.39 is 20.9 Å². The number of hydrogen-bond donors (Lipinski definition) is 2. The molecule has 2 aromatic carbocycles. The molecule has 0 saturated carbocycles. The zero-order valence-electron chi connectivity index (χ0n) is 16.3. The van der Waals surface area contributed by atoms with E-state index in [9.17, 15) is 23.3 Å². The van der Waals surface area contributed by atoms with Crippen molar-refractivity contribution < 1.29 is 22.9 Å². The van der Waals surface area contributed by atoms with Crippen LogP contribution in [0.4, 0.5) is 11.4 Å².